The monoisotopic (exact) mass is 150 g/mol. The highest BCUT2D eigenvalue weighted by Gasteiger charge is 1.95. The summed E-state index contributed by atoms with van der Waals surface area (Å²) < 4.78 is 0. The SMILES string of the molecule is [O]C(=O)NCc1ccccc1. The molecular formula is C8H8NO2. The molecule has 1 rings (SSSR count). The Morgan fingerprint density at radius 1 is 1.27 bits per heavy atom. The Balaban J connectivity index is 2.45. The van der Waals surface area contributed by atoms with Crippen molar-refractivity contribution in [2.45, 2.75) is 6.54 Å². The zero-order valence-electron chi connectivity index (χ0n) is 5.91. The third-order valence-electron chi connectivity index (χ3n) is 1.28. The standard InChI is InChI=1S/C8H8NO2/c10-8(11)9-6-7-4-2-1-3-5-7/h1-5,9H,6H2. The van der Waals surface area contributed by atoms with E-state index in [1.807, 2.05) is 30.3 Å². The first-order valence-corrected chi connectivity index (χ1v) is 3.28. The normalized spacial score (nSPS) is 9.09. The van der Waals surface area contributed by atoms with Gasteiger partial charge in [0.1, 0.15) is 0 Å². The number of benzene rings is 1. The number of carbonyl (C=O) groups is 1. The zero-order chi connectivity index (χ0) is 8.10. The van der Waals surface area contributed by atoms with Gasteiger partial charge in [0, 0.05) is 6.54 Å². The molecule has 0 fully saturated rings. The summed E-state index contributed by atoms with van der Waals surface area (Å²) in [6.07, 6.45) is -1.24. The van der Waals surface area contributed by atoms with Crippen LogP contribution in [0.25, 0.3) is 0 Å². The first kappa shape index (κ1) is 7.60. The van der Waals surface area contributed by atoms with Crippen molar-refractivity contribution in [1.82, 2.24) is 5.32 Å². The smallest absolute Gasteiger partial charge is 0.314 e. The molecule has 1 amide bonds. The van der Waals surface area contributed by atoms with Gasteiger partial charge in [-0.3, -0.25) is 0 Å². The van der Waals surface area contributed by atoms with Gasteiger partial charge in [-0.05, 0) is 5.56 Å². The highest BCUT2D eigenvalue weighted by atomic mass is 16.4. The molecule has 0 aromatic heterocycles. The summed E-state index contributed by atoms with van der Waals surface area (Å²) >= 11 is 0. The predicted octanol–water partition coefficient (Wildman–Crippen LogP) is 1.33. The maximum Gasteiger partial charge on any atom is 0.450 e. The minimum atomic E-state index is -1.24. The lowest BCUT2D eigenvalue weighted by molar-refractivity contribution is 0.168. The number of hydrogen-bond donors (Lipinski definition) is 1. The molecule has 1 aromatic carbocycles. The van der Waals surface area contributed by atoms with Crippen LogP contribution in [-0.4, -0.2) is 6.09 Å². The van der Waals surface area contributed by atoms with Crippen molar-refractivity contribution >= 4 is 6.09 Å². The van der Waals surface area contributed by atoms with Crippen molar-refractivity contribution in [2.24, 2.45) is 0 Å². The summed E-state index contributed by atoms with van der Waals surface area (Å²) in [5.74, 6) is 0. The molecule has 0 saturated heterocycles. The first-order valence-electron chi connectivity index (χ1n) is 3.28. The minimum absolute atomic E-state index is 0.309. The van der Waals surface area contributed by atoms with E-state index >= 15 is 0 Å². The van der Waals surface area contributed by atoms with Crippen LogP contribution in [0.3, 0.4) is 0 Å². The van der Waals surface area contributed by atoms with E-state index in [1.54, 1.807) is 0 Å². The Kier molecular flexibility index (Phi) is 2.49. The van der Waals surface area contributed by atoms with Crippen LogP contribution in [0.2, 0.25) is 0 Å². The number of rotatable bonds is 2. The van der Waals surface area contributed by atoms with Gasteiger partial charge in [0.15, 0.2) is 0 Å². The lowest BCUT2D eigenvalue weighted by Crippen LogP contribution is -2.18. The van der Waals surface area contributed by atoms with E-state index in [0.29, 0.717) is 6.54 Å². The number of hydrogen-bond acceptors (Lipinski definition) is 1. The fourth-order valence-corrected chi connectivity index (χ4v) is 0.770. The molecular weight excluding hydrogens is 142 g/mol. The van der Waals surface area contributed by atoms with Crippen molar-refractivity contribution in [3.05, 3.63) is 35.9 Å². The average Bonchev–Trinajstić information content (AvgIpc) is 2.03. The van der Waals surface area contributed by atoms with Gasteiger partial charge in [0.2, 0.25) is 0 Å². The topological polar surface area (TPSA) is 49.0 Å². The largest absolute Gasteiger partial charge is 0.450 e. The van der Waals surface area contributed by atoms with E-state index in [4.69, 9.17) is 0 Å². The molecule has 11 heavy (non-hydrogen) atoms. The maximum absolute atomic E-state index is 9.95. The van der Waals surface area contributed by atoms with E-state index in [-0.39, 0.29) is 0 Å². The van der Waals surface area contributed by atoms with Crippen LogP contribution in [0, 0.1) is 0 Å². The van der Waals surface area contributed by atoms with Crippen molar-refractivity contribution in [3.8, 4) is 0 Å². The van der Waals surface area contributed by atoms with Crippen LogP contribution in [0.15, 0.2) is 30.3 Å². The molecule has 0 aliphatic heterocycles. The molecule has 1 radical (unpaired) electrons. The predicted molar refractivity (Wildman–Crippen MR) is 39.4 cm³/mol. The van der Waals surface area contributed by atoms with E-state index in [2.05, 4.69) is 5.32 Å². The van der Waals surface area contributed by atoms with Gasteiger partial charge < -0.3 is 5.32 Å². The Bertz CT molecular complexity index is 233. The van der Waals surface area contributed by atoms with Crippen molar-refractivity contribution in [1.29, 1.82) is 0 Å². The van der Waals surface area contributed by atoms with Crippen molar-refractivity contribution in [2.75, 3.05) is 0 Å². The van der Waals surface area contributed by atoms with Gasteiger partial charge in [-0.25, -0.2) is 9.90 Å². The Labute approximate surface area is 64.7 Å². The maximum atomic E-state index is 9.95. The van der Waals surface area contributed by atoms with Gasteiger partial charge in [-0.1, -0.05) is 30.3 Å². The lowest BCUT2D eigenvalue weighted by Gasteiger charge is -1.97. The summed E-state index contributed by atoms with van der Waals surface area (Å²) in [6.45, 7) is 0.309. The summed E-state index contributed by atoms with van der Waals surface area (Å²) in [5, 5.41) is 12.1. The van der Waals surface area contributed by atoms with Crippen molar-refractivity contribution < 1.29 is 9.90 Å². The van der Waals surface area contributed by atoms with Crippen molar-refractivity contribution in [3.63, 3.8) is 0 Å². The highest BCUT2D eigenvalue weighted by molar-refractivity contribution is 5.63. The molecule has 0 bridgehead atoms. The third-order valence-corrected chi connectivity index (χ3v) is 1.28. The zero-order valence-corrected chi connectivity index (χ0v) is 5.91. The number of nitrogens with one attached hydrogen (secondary N) is 1. The Morgan fingerprint density at radius 2 is 1.91 bits per heavy atom. The first-order chi connectivity index (χ1) is 5.29. The van der Waals surface area contributed by atoms with E-state index in [9.17, 15) is 9.90 Å². The molecule has 0 aliphatic carbocycles. The Hall–Kier alpha value is -1.51. The van der Waals surface area contributed by atoms with Crippen LogP contribution in [0.5, 0.6) is 0 Å². The second kappa shape index (κ2) is 3.61. The van der Waals surface area contributed by atoms with E-state index in [1.165, 1.54) is 0 Å². The second-order valence-electron chi connectivity index (χ2n) is 2.13. The second-order valence-corrected chi connectivity index (χ2v) is 2.13. The molecule has 57 valence electrons. The van der Waals surface area contributed by atoms with E-state index in [0.717, 1.165) is 5.56 Å². The van der Waals surface area contributed by atoms with Crippen LogP contribution in [0.4, 0.5) is 4.79 Å². The van der Waals surface area contributed by atoms with Crippen LogP contribution in [0.1, 0.15) is 5.56 Å². The fourth-order valence-electron chi connectivity index (χ4n) is 0.770. The average molecular weight is 150 g/mol. The van der Waals surface area contributed by atoms with Gasteiger partial charge in [0.05, 0.1) is 0 Å². The summed E-state index contributed by atoms with van der Waals surface area (Å²) in [5.41, 5.74) is 0.928. The van der Waals surface area contributed by atoms with Crippen LogP contribution < -0.4 is 5.32 Å². The molecule has 3 heteroatoms. The molecule has 0 atom stereocenters. The Morgan fingerprint density at radius 3 is 2.45 bits per heavy atom. The molecule has 1 aromatic rings. The molecule has 1 N–H and O–H groups in total. The molecule has 3 nitrogen and oxygen atoms in total. The number of amides is 1. The summed E-state index contributed by atoms with van der Waals surface area (Å²) in [4.78, 5) is 9.95. The van der Waals surface area contributed by atoms with Gasteiger partial charge in [-0.2, -0.15) is 0 Å². The summed E-state index contributed by atoms with van der Waals surface area (Å²) in [6, 6.07) is 9.27. The fraction of sp³-hybridized carbons (Fsp3) is 0.125. The summed E-state index contributed by atoms with van der Waals surface area (Å²) in [7, 11) is 0. The molecule has 0 unspecified atom stereocenters. The van der Waals surface area contributed by atoms with E-state index < -0.39 is 6.09 Å². The van der Waals surface area contributed by atoms with Crippen LogP contribution >= 0.6 is 0 Å². The highest BCUT2D eigenvalue weighted by Crippen LogP contribution is 1.96. The van der Waals surface area contributed by atoms with Gasteiger partial charge in [-0.15, -0.1) is 0 Å². The molecule has 0 heterocycles. The van der Waals surface area contributed by atoms with Gasteiger partial charge >= 0.3 is 6.09 Å². The molecule has 0 aliphatic rings. The third kappa shape index (κ3) is 2.71. The molecule has 0 spiro atoms. The molecule has 0 saturated carbocycles. The lowest BCUT2D eigenvalue weighted by atomic mass is 10.2. The van der Waals surface area contributed by atoms with Crippen LogP contribution in [-0.2, 0) is 11.7 Å². The quantitative estimate of drug-likeness (QED) is 0.679. The van der Waals surface area contributed by atoms with Gasteiger partial charge in [0.25, 0.3) is 0 Å². The number of carbonyl (C=O) groups excluding carboxylic acids is 1. The minimum Gasteiger partial charge on any atom is -0.314 e.